The van der Waals surface area contributed by atoms with Crippen LogP contribution >= 0.6 is 0 Å². The van der Waals surface area contributed by atoms with Crippen LogP contribution in [-0.2, 0) is 0 Å². The smallest absolute Gasteiger partial charge is 0.128 e. The summed E-state index contributed by atoms with van der Waals surface area (Å²) in [5, 5.41) is 2.96. The lowest BCUT2D eigenvalue weighted by molar-refractivity contribution is 0.529. The van der Waals surface area contributed by atoms with E-state index in [9.17, 15) is 8.78 Å². The van der Waals surface area contributed by atoms with Crippen molar-refractivity contribution in [3.8, 4) is 11.8 Å². The highest BCUT2D eigenvalue weighted by Crippen LogP contribution is 2.21. The van der Waals surface area contributed by atoms with Crippen molar-refractivity contribution in [3.63, 3.8) is 0 Å². The Balaban J connectivity index is 2.89. The molecule has 1 aromatic carbocycles. The van der Waals surface area contributed by atoms with Gasteiger partial charge in [0.25, 0.3) is 0 Å². The van der Waals surface area contributed by atoms with E-state index < -0.39 is 11.6 Å². The first kappa shape index (κ1) is 14.7. The van der Waals surface area contributed by atoms with Crippen molar-refractivity contribution in [3.05, 3.63) is 35.4 Å². The maximum absolute atomic E-state index is 13.6. The SMILES string of the molecule is CNC(CC#CC(C)(C)C)c1cc(F)ccc1F. The van der Waals surface area contributed by atoms with Gasteiger partial charge < -0.3 is 5.32 Å². The number of hydrogen-bond donors (Lipinski definition) is 1. The third-order valence-electron chi connectivity index (χ3n) is 2.45. The summed E-state index contributed by atoms with van der Waals surface area (Å²) in [6.45, 7) is 6.03. The molecule has 0 aliphatic carbocycles. The second-order valence-electron chi connectivity index (χ2n) is 5.26. The van der Waals surface area contributed by atoms with Crippen molar-refractivity contribution in [2.24, 2.45) is 5.41 Å². The van der Waals surface area contributed by atoms with Crippen LogP contribution in [0.25, 0.3) is 0 Å². The fourth-order valence-corrected chi connectivity index (χ4v) is 1.57. The molecule has 1 rings (SSSR count). The van der Waals surface area contributed by atoms with E-state index in [-0.39, 0.29) is 11.5 Å². The summed E-state index contributed by atoms with van der Waals surface area (Å²) in [5.41, 5.74) is 0.236. The molecule has 0 radical (unpaired) electrons. The molecule has 0 aliphatic heterocycles. The predicted octanol–water partition coefficient (Wildman–Crippen LogP) is 3.66. The van der Waals surface area contributed by atoms with Crippen LogP contribution in [-0.4, -0.2) is 7.05 Å². The summed E-state index contributed by atoms with van der Waals surface area (Å²) in [6.07, 6.45) is 0.453. The minimum absolute atomic E-state index is 0.0845. The van der Waals surface area contributed by atoms with Gasteiger partial charge in [-0.25, -0.2) is 8.78 Å². The first-order valence-corrected chi connectivity index (χ1v) is 5.96. The van der Waals surface area contributed by atoms with Crippen LogP contribution in [0.4, 0.5) is 8.78 Å². The van der Waals surface area contributed by atoms with Gasteiger partial charge in [-0.15, -0.1) is 5.92 Å². The summed E-state index contributed by atoms with van der Waals surface area (Å²) in [4.78, 5) is 0. The molecule has 0 saturated heterocycles. The highest BCUT2D eigenvalue weighted by molar-refractivity contribution is 5.24. The zero-order valence-corrected chi connectivity index (χ0v) is 11.3. The molecule has 1 N–H and O–H groups in total. The number of halogens is 2. The average molecular weight is 251 g/mol. The van der Waals surface area contributed by atoms with Crippen LogP contribution in [0.5, 0.6) is 0 Å². The second-order valence-corrected chi connectivity index (χ2v) is 5.26. The van der Waals surface area contributed by atoms with Crippen LogP contribution in [0.2, 0.25) is 0 Å². The molecule has 1 atom stereocenters. The van der Waals surface area contributed by atoms with Crippen molar-refractivity contribution >= 4 is 0 Å². The van der Waals surface area contributed by atoms with Gasteiger partial charge in [-0.1, -0.05) is 5.92 Å². The van der Waals surface area contributed by atoms with E-state index >= 15 is 0 Å². The van der Waals surface area contributed by atoms with Gasteiger partial charge in [-0.2, -0.15) is 0 Å². The molecule has 1 nitrogen and oxygen atoms in total. The Morgan fingerprint density at radius 3 is 2.50 bits per heavy atom. The Bertz CT molecular complexity index is 464. The molecule has 1 unspecified atom stereocenters. The minimum atomic E-state index is -0.435. The van der Waals surface area contributed by atoms with Gasteiger partial charge in [0.2, 0.25) is 0 Å². The number of benzene rings is 1. The summed E-state index contributed by atoms with van der Waals surface area (Å²) in [6, 6.07) is 3.18. The number of rotatable bonds is 3. The lowest BCUT2D eigenvalue weighted by atomic mass is 9.96. The van der Waals surface area contributed by atoms with E-state index in [2.05, 4.69) is 17.2 Å². The van der Waals surface area contributed by atoms with Crippen LogP contribution in [0.15, 0.2) is 18.2 Å². The van der Waals surface area contributed by atoms with E-state index in [4.69, 9.17) is 0 Å². The first-order valence-electron chi connectivity index (χ1n) is 5.96. The highest BCUT2D eigenvalue weighted by atomic mass is 19.1. The zero-order valence-electron chi connectivity index (χ0n) is 11.3. The van der Waals surface area contributed by atoms with Crippen molar-refractivity contribution in [2.45, 2.75) is 33.2 Å². The Hall–Kier alpha value is -1.40. The molecule has 0 amide bonds. The van der Waals surface area contributed by atoms with Gasteiger partial charge in [0.05, 0.1) is 0 Å². The number of nitrogens with one attached hydrogen (secondary N) is 1. The van der Waals surface area contributed by atoms with E-state index in [1.165, 1.54) is 6.07 Å². The summed E-state index contributed by atoms with van der Waals surface area (Å²) in [7, 11) is 1.72. The maximum Gasteiger partial charge on any atom is 0.128 e. The molecule has 0 saturated carbocycles. The zero-order chi connectivity index (χ0) is 13.8. The molecule has 0 aromatic heterocycles. The fraction of sp³-hybridized carbons (Fsp3) is 0.467. The Labute approximate surface area is 108 Å². The first-order chi connectivity index (χ1) is 8.33. The van der Waals surface area contributed by atoms with Crippen LogP contribution in [0.3, 0.4) is 0 Å². The standard InChI is InChI=1S/C15H19F2N/c1-15(2,3)9-5-6-14(18-4)12-10-11(16)7-8-13(12)17/h7-8,10,14,18H,6H2,1-4H3. The molecule has 18 heavy (non-hydrogen) atoms. The molecule has 1 aromatic rings. The third-order valence-corrected chi connectivity index (χ3v) is 2.45. The largest absolute Gasteiger partial charge is 0.312 e. The molecule has 0 aliphatic rings. The minimum Gasteiger partial charge on any atom is -0.312 e. The molecule has 0 heterocycles. The molecule has 0 fully saturated rings. The molecule has 3 heteroatoms. The quantitative estimate of drug-likeness (QED) is 0.808. The molecule has 98 valence electrons. The van der Waals surface area contributed by atoms with Gasteiger partial charge >= 0.3 is 0 Å². The highest BCUT2D eigenvalue weighted by Gasteiger charge is 2.14. The topological polar surface area (TPSA) is 12.0 Å². The van der Waals surface area contributed by atoms with Crippen LogP contribution in [0.1, 0.15) is 38.8 Å². The van der Waals surface area contributed by atoms with E-state index in [0.29, 0.717) is 12.0 Å². The Morgan fingerprint density at radius 1 is 1.28 bits per heavy atom. The monoisotopic (exact) mass is 251 g/mol. The van der Waals surface area contributed by atoms with Gasteiger partial charge in [0.15, 0.2) is 0 Å². The van der Waals surface area contributed by atoms with Crippen molar-refractivity contribution in [2.75, 3.05) is 7.05 Å². The second kappa shape index (κ2) is 5.97. The van der Waals surface area contributed by atoms with Crippen molar-refractivity contribution in [1.82, 2.24) is 5.32 Å². The van der Waals surface area contributed by atoms with Gasteiger partial charge in [0.1, 0.15) is 11.6 Å². The van der Waals surface area contributed by atoms with Crippen molar-refractivity contribution in [1.29, 1.82) is 0 Å². The summed E-state index contributed by atoms with van der Waals surface area (Å²) in [5.74, 6) is 5.26. The fourth-order valence-electron chi connectivity index (χ4n) is 1.57. The van der Waals surface area contributed by atoms with Gasteiger partial charge in [-0.3, -0.25) is 0 Å². The van der Waals surface area contributed by atoms with Crippen LogP contribution < -0.4 is 5.32 Å². The Kier molecular flexibility index (Phi) is 4.86. The molecular weight excluding hydrogens is 232 g/mol. The predicted molar refractivity (Wildman–Crippen MR) is 70.0 cm³/mol. The van der Waals surface area contributed by atoms with Crippen LogP contribution in [0, 0.1) is 28.9 Å². The summed E-state index contributed by atoms with van der Waals surface area (Å²) < 4.78 is 26.7. The van der Waals surface area contributed by atoms with E-state index in [1.807, 2.05) is 20.8 Å². The molecule has 0 bridgehead atoms. The van der Waals surface area contributed by atoms with E-state index in [0.717, 1.165) is 12.1 Å². The number of hydrogen-bond acceptors (Lipinski definition) is 1. The average Bonchev–Trinajstić information content (AvgIpc) is 2.27. The maximum atomic E-state index is 13.6. The van der Waals surface area contributed by atoms with Gasteiger partial charge in [-0.05, 0) is 46.0 Å². The summed E-state index contributed by atoms with van der Waals surface area (Å²) >= 11 is 0. The lowest BCUT2D eigenvalue weighted by Gasteiger charge is -2.15. The molecule has 0 spiro atoms. The third kappa shape index (κ3) is 4.46. The lowest BCUT2D eigenvalue weighted by Crippen LogP contribution is -2.17. The van der Waals surface area contributed by atoms with Gasteiger partial charge in [0, 0.05) is 23.4 Å². The van der Waals surface area contributed by atoms with Crippen molar-refractivity contribution < 1.29 is 8.78 Å². The van der Waals surface area contributed by atoms with E-state index in [1.54, 1.807) is 7.05 Å². The normalized spacial score (nSPS) is 12.8. The molecular formula is C15H19F2N. The Morgan fingerprint density at radius 2 is 1.94 bits per heavy atom.